The van der Waals surface area contributed by atoms with Crippen LogP contribution in [0.4, 0.5) is 0 Å². The minimum Gasteiger partial charge on any atom is -0.472 e. The second-order valence-electron chi connectivity index (χ2n) is 3.89. The predicted molar refractivity (Wildman–Crippen MR) is 62.0 cm³/mol. The zero-order valence-electron chi connectivity index (χ0n) is 9.68. The van der Waals surface area contributed by atoms with E-state index < -0.39 is 0 Å². The molecule has 0 fully saturated rings. The molecule has 2 aromatic rings. The molecule has 2 heterocycles. The molecule has 2 rings (SSSR count). The Morgan fingerprint density at radius 3 is 3.00 bits per heavy atom. The maximum absolute atomic E-state index is 5.09. The van der Waals surface area contributed by atoms with Crippen LogP contribution in [0, 0.1) is 0 Å². The van der Waals surface area contributed by atoms with Gasteiger partial charge in [0, 0.05) is 24.8 Å². The molecule has 4 nitrogen and oxygen atoms in total. The van der Waals surface area contributed by atoms with Gasteiger partial charge in [0.15, 0.2) is 0 Å². The van der Waals surface area contributed by atoms with E-state index in [2.05, 4.69) is 17.3 Å². The highest BCUT2D eigenvalue weighted by molar-refractivity contribution is 5.16. The summed E-state index contributed by atoms with van der Waals surface area (Å²) in [6, 6.07) is 2.30. The summed E-state index contributed by atoms with van der Waals surface area (Å²) in [4.78, 5) is 0. The summed E-state index contributed by atoms with van der Waals surface area (Å²) in [6.45, 7) is 3.05. The Morgan fingerprint density at radius 2 is 2.44 bits per heavy atom. The molecular formula is C12H17N3O. The van der Waals surface area contributed by atoms with E-state index >= 15 is 0 Å². The van der Waals surface area contributed by atoms with Gasteiger partial charge in [-0.1, -0.05) is 6.92 Å². The van der Waals surface area contributed by atoms with Crippen molar-refractivity contribution in [1.82, 2.24) is 15.1 Å². The fourth-order valence-electron chi connectivity index (χ4n) is 1.82. The van der Waals surface area contributed by atoms with Crippen LogP contribution in [0.1, 0.15) is 24.1 Å². The van der Waals surface area contributed by atoms with Gasteiger partial charge in [-0.05, 0) is 24.6 Å². The van der Waals surface area contributed by atoms with Gasteiger partial charge in [-0.15, -0.1) is 0 Å². The number of hydrogen-bond donors (Lipinski definition) is 1. The van der Waals surface area contributed by atoms with Crippen LogP contribution in [0.3, 0.4) is 0 Å². The summed E-state index contributed by atoms with van der Waals surface area (Å²) in [5.41, 5.74) is 2.42. The van der Waals surface area contributed by atoms with E-state index in [1.165, 1.54) is 11.1 Å². The molecule has 0 aliphatic carbocycles. The maximum Gasteiger partial charge on any atom is 0.0935 e. The van der Waals surface area contributed by atoms with Crippen molar-refractivity contribution in [1.29, 1.82) is 0 Å². The highest BCUT2D eigenvalue weighted by Crippen LogP contribution is 2.17. The average Bonchev–Trinajstić information content (AvgIpc) is 2.88. The third-order valence-electron chi connectivity index (χ3n) is 2.60. The number of aryl methyl sites for hydroxylation is 1. The van der Waals surface area contributed by atoms with Crippen molar-refractivity contribution in [2.45, 2.75) is 19.4 Å². The Hall–Kier alpha value is -1.55. The second kappa shape index (κ2) is 4.99. The van der Waals surface area contributed by atoms with Gasteiger partial charge >= 0.3 is 0 Å². The van der Waals surface area contributed by atoms with E-state index in [9.17, 15) is 0 Å². The molecule has 0 saturated heterocycles. The van der Waals surface area contributed by atoms with Gasteiger partial charge in [0.25, 0.3) is 0 Å². The third-order valence-corrected chi connectivity index (χ3v) is 2.60. The maximum atomic E-state index is 5.09. The van der Waals surface area contributed by atoms with E-state index in [1.807, 2.05) is 30.2 Å². The normalized spacial score (nSPS) is 12.9. The second-order valence-corrected chi connectivity index (χ2v) is 3.89. The van der Waals surface area contributed by atoms with Gasteiger partial charge in [-0.3, -0.25) is 4.68 Å². The number of aromatic nitrogens is 2. The first kappa shape index (κ1) is 11.0. The van der Waals surface area contributed by atoms with Crippen LogP contribution in [-0.4, -0.2) is 16.3 Å². The molecule has 0 saturated carbocycles. The van der Waals surface area contributed by atoms with Crippen LogP contribution in [0.25, 0.3) is 0 Å². The van der Waals surface area contributed by atoms with Crippen molar-refractivity contribution < 1.29 is 4.42 Å². The van der Waals surface area contributed by atoms with Crippen molar-refractivity contribution >= 4 is 0 Å². The van der Waals surface area contributed by atoms with Gasteiger partial charge in [-0.2, -0.15) is 5.10 Å². The van der Waals surface area contributed by atoms with Crippen LogP contribution < -0.4 is 5.32 Å². The van der Waals surface area contributed by atoms with Crippen LogP contribution >= 0.6 is 0 Å². The Balaban J connectivity index is 2.11. The summed E-state index contributed by atoms with van der Waals surface area (Å²) in [5.74, 6) is 0. The third kappa shape index (κ3) is 2.52. The standard InChI is InChI=1S/C12H17N3O/c1-3-13-12(6-10-4-5-16-9-10)11-7-14-15(2)8-11/h4-5,7-9,12-13H,3,6H2,1-2H3. The summed E-state index contributed by atoms with van der Waals surface area (Å²) in [7, 11) is 1.93. The quantitative estimate of drug-likeness (QED) is 0.835. The molecule has 0 aliphatic rings. The molecular weight excluding hydrogens is 202 g/mol. The van der Waals surface area contributed by atoms with E-state index in [0.717, 1.165) is 13.0 Å². The van der Waals surface area contributed by atoms with Crippen LogP contribution in [0.2, 0.25) is 0 Å². The molecule has 1 N–H and O–H groups in total. The molecule has 0 bridgehead atoms. The van der Waals surface area contributed by atoms with Crippen LogP contribution in [0.15, 0.2) is 35.4 Å². The molecule has 86 valence electrons. The molecule has 0 aromatic carbocycles. The number of hydrogen-bond acceptors (Lipinski definition) is 3. The summed E-state index contributed by atoms with van der Waals surface area (Å²) < 4.78 is 6.91. The highest BCUT2D eigenvalue weighted by atomic mass is 16.3. The van der Waals surface area contributed by atoms with Gasteiger partial charge in [-0.25, -0.2) is 0 Å². The fraction of sp³-hybridized carbons (Fsp3) is 0.417. The molecule has 0 radical (unpaired) electrons. The Kier molecular flexibility index (Phi) is 3.41. The zero-order valence-corrected chi connectivity index (χ0v) is 9.68. The Morgan fingerprint density at radius 1 is 1.56 bits per heavy atom. The molecule has 0 spiro atoms. The lowest BCUT2D eigenvalue weighted by atomic mass is 10.0. The van der Waals surface area contributed by atoms with E-state index in [4.69, 9.17) is 4.42 Å². The first-order chi connectivity index (χ1) is 7.79. The number of nitrogens with zero attached hydrogens (tertiary/aromatic N) is 2. The van der Waals surface area contributed by atoms with E-state index in [1.54, 1.807) is 12.5 Å². The monoisotopic (exact) mass is 219 g/mol. The Labute approximate surface area is 95.3 Å². The zero-order chi connectivity index (χ0) is 11.4. The molecule has 2 aromatic heterocycles. The van der Waals surface area contributed by atoms with Gasteiger partial charge in [0.05, 0.1) is 18.7 Å². The molecule has 0 aliphatic heterocycles. The molecule has 1 atom stereocenters. The van der Waals surface area contributed by atoms with Gasteiger partial charge < -0.3 is 9.73 Å². The molecule has 16 heavy (non-hydrogen) atoms. The summed E-state index contributed by atoms with van der Waals surface area (Å²) in [5, 5.41) is 7.66. The number of nitrogens with one attached hydrogen (secondary N) is 1. The first-order valence-corrected chi connectivity index (χ1v) is 5.52. The summed E-state index contributed by atoms with van der Waals surface area (Å²) >= 11 is 0. The minimum absolute atomic E-state index is 0.302. The number of furan rings is 1. The van der Waals surface area contributed by atoms with Crippen molar-refractivity contribution in [3.63, 3.8) is 0 Å². The SMILES string of the molecule is CCNC(Cc1ccoc1)c1cnn(C)c1. The van der Waals surface area contributed by atoms with Crippen LogP contribution in [-0.2, 0) is 13.5 Å². The van der Waals surface area contributed by atoms with Crippen molar-refractivity contribution in [2.24, 2.45) is 7.05 Å². The highest BCUT2D eigenvalue weighted by Gasteiger charge is 2.13. The lowest BCUT2D eigenvalue weighted by Crippen LogP contribution is -2.22. The first-order valence-electron chi connectivity index (χ1n) is 5.52. The van der Waals surface area contributed by atoms with Crippen molar-refractivity contribution in [2.75, 3.05) is 6.54 Å². The van der Waals surface area contributed by atoms with Crippen molar-refractivity contribution in [3.05, 3.63) is 42.1 Å². The minimum atomic E-state index is 0.302. The summed E-state index contributed by atoms with van der Waals surface area (Å²) in [6.07, 6.45) is 8.39. The van der Waals surface area contributed by atoms with E-state index in [-0.39, 0.29) is 0 Å². The number of rotatable bonds is 5. The molecule has 1 unspecified atom stereocenters. The smallest absolute Gasteiger partial charge is 0.0935 e. The molecule has 0 amide bonds. The lowest BCUT2D eigenvalue weighted by molar-refractivity contribution is 0.534. The topological polar surface area (TPSA) is 43.0 Å². The van der Waals surface area contributed by atoms with Gasteiger partial charge in [0.2, 0.25) is 0 Å². The van der Waals surface area contributed by atoms with E-state index in [0.29, 0.717) is 6.04 Å². The lowest BCUT2D eigenvalue weighted by Gasteiger charge is -2.15. The average molecular weight is 219 g/mol. The fourth-order valence-corrected chi connectivity index (χ4v) is 1.82. The van der Waals surface area contributed by atoms with Gasteiger partial charge in [0.1, 0.15) is 0 Å². The Bertz CT molecular complexity index is 419. The number of likely N-dealkylation sites (N-methyl/N-ethyl adjacent to an activating group) is 1. The molecule has 4 heteroatoms. The van der Waals surface area contributed by atoms with Crippen LogP contribution in [0.5, 0.6) is 0 Å². The largest absolute Gasteiger partial charge is 0.472 e. The predicted octanol–water partition coefficient (Wildman–Crippen LogP) is 1.91. The van der Waals surface area contributed by atoms with Crippen molar-refractivity contribution in [3.8, 4) is 0 Å².